The number of fused-ring (bicyclic) bond motifs is 2. The van der Waals surface area contributed by atoms with E-state index >= 15 is 0 Å². The monoisotopic (exact) mass is 326 g/mol. The van der Waals surface area contributed by atoms with Crippen LogP contribution in [0, 0.1) is 0 Å². The summed E-state index contributed by atoms with van der Waals surface area (Å²) in [4.78, 5) is 7.69. The molecule has 2 aromatic carbocycles. The molecule has 1 aliphatic rings. The maximum Gasteiger partial charge on any atom is 0.0555 e. The predicted octanol–water partition coefficient (Wildman–Crippen LogP) is 5.41. The number of benzene rings is 2. The zero-order valence-corrected chi connectivity index (χ0v) is 15.1. The molecule has 0 saturated carbocycles. The second kappa shape index (κ2) is 7.41. The Labute approximate surface area is 144 Å². The highest BCUT2D eigenvalue weighted by Gasteiger charge is 2.26. The van der Waals surface area contributed by atoms with Crippen LogP contribution >= 0.6 is 11.8 Å². The fourth-order valence-corrected chi connectivity index (χ4v) is 4.33. The van der Waals surface area contributed by atoms with Crippen molar-refractivity contribution < 1.29 is 0 Å². The molecule has 0 amide bonds. The molecule has 1 unspecified atom stereocenters. The van der Waals surface area contributed by atoms with Crippen LogP contribution < -0.4 is 4.90 Å². The van der Waals surface area contributed by atoms with Crippen LogP contribution in [0.1, 0.15) is 26.7 Å². The van der Waals surface area contributed by atoms with Crippen molar-refractivity contribution in [1.29, 1.82) is 0 Å². The van der Waals surface area contributed by atoms with Crippen molar-refractivity contribution >= 4 is 23.1 Å². The fourth-order valence-electron chi connectivity index (χ4n) is 3.26. The van der Waals surface area contributed by atoms with Gasteiger partial charge in [0.1, 0.15) is 0 Å². The zero-order chi connectivity index (χ0) is 16.2. The summed E-state index contributed by atoms with van der Waals surface area (Å²) in [5.41, 5.74) is 2.68. The van der Waals surface area contributed by atoms with Gasteiger partial charge in [-0.2, -0.15) is 0 Å². The first kappa shape index (κ1) is 16.4. The standard InChI is InChI=1S/C20H26N2S/c1-4-5-14-21(3)15-16(2)22-17-10-6-8-12-19(17)23-20-13-9-7-11-18(20)22/h6-13,16H,4-5,14-15H2,1-3H3. The number of nitrogens with zero attached hydrogens (tertiary/aromatic N) is 2. The van der Waals surface area contributed by atoms with E-state index < -0.39 is 0 Å². The van der Waals surface area contributed by atoms with Gasteiger partial charge in [-0.25, -0.2) is 0 Å². The van der Waals surface area contributed by atoms with Gasteiger partial charge in [0.15, 0.2) is 0 Å². The molecular weight excluding hydrogens is 300 g/mol. The van der Waals surface area contributed by atoms with E-state index in [1.807, 2.05) is 11.8 Å². The molecule has 0 aliphatic carbocycles. The Morgan fingerprint density at radius 3 is 2.13 bits per heavy atom. The highest BCUT2D eigenvalue weighted by atomic mass is 32.2. The topological polar surface area (TPSA) is 6.48 Å². The molecule has 3 heteroatoms. The van der Waals surface area contributed by atoms with Crippen LogP contribution in [0.2, 0.25) is 0 Å². The fraction of sp³-hybridized carbons (Fsp3) is 0.400. The first-order valence-electron chi connectivity index (χ1n) is 8.54. The van der Waals surface area contributed by atoms with E-state index in [2.05, 4.69) is 79.2 Å². The van der Waals surface area contributed by atoms with Crippen molar-refractivity contribution in [3.8, 4) is 0 Å². The van der Waals surface area contributed by atoms with E-state index in [0.717, 1.165) is 6.54 Å². The molecule has 0 radical (unpaired) electrons. The molecule has 0 aromatic heterocycles. The Kier molecular flexibility index (Phi) is 5.29. The van der Waals surface area contributed by atoms with E-state index in [9.17, 15) is 0 Å². The summed E-state index contributed by atoms with van der Waals surface area (Å²) in [5, 5.41) is 0. The predicted molar refractivity (Wildman–Crippen MR) is 101 cm³/mol. The Balaban J connectivity index is 1.88. The molecule has 1 heterocycles. The van der Waals surface area contributed by atoms with Crippen molar-refractivity contribution in [2.75, 3.05) is 25.0 Å². The smallest absolute Gasteiger partial charge is 0.0555 e. The van der Waals surface area contributed by atoms with Gasteiger partial charge in [0.2, 0.25) is 0 Å². The van der Waals surface area contributed by atoms with E-state index in [1.165, 1.54) is 40.6 Å². The summed E-state index contributed by atoms with van der Waals surface area (Å²) < 4.78 is 0. The largest absolute Gasteiger partial charge is 0.335 e. The van der Waals surface area contributed by atoms with Gasteiger partial charge >= 0.3 is 0 Å². The Morgan fingerprint density at radius 1 is 1.00 bits per heavy atom. The van der Waals surface area contributed by atoms with Crippen molar-refractivity contribution in [1.82, 2.24) is 4.90 Å². The number of para-hydroxylation sites is 2. The quantitative estimate of drug-likeness (QED) is 0.701. The van der Waals surface area contributed by atoms with Crippen molar-refractivity contribution in [3.05, 3.63) is 48.5 Å². The molecule has 1 aliphatic heterocycles. The summed E-state index contributed by atoms with van der Waals surface area (Å²) in [5.74, 6) is 0. The van der Waals surface area contributed by atoms with Crippen molar-refractivity contribution in [3.63, 3.8) is 0 Å². The number of anilines is 2. The lowest BCUT2D eigenvalue weighted by Gasteiger charge is -2.38. The number of rotatable bonds is 6. The summed E-state index contributed by atoms with van der Waals surface area (Å²) >= 11 is 1.88. The molecule has 0 N–H and O–H groups in total. The SMILES string of the molecule is CCCCN(C)CC(C)N1c2ccccc2Sc2ccccc21. The minimum atomic E-state index is 0.444. The molecule has 2 aromatic rings. The summed E-state index contributed by atoms with van der Waals surface area (Å²) in [6, 6.07) is 18.0. The highest BCUT2D eigenvalue weighted by molar-refractivity contribution is 7.99. The van der Waals surface area contributed by atoms with E-state index in [0.29, 0.717) is 6.04 Å². The molecule has 0 spiro atoms. The third-order valence-electron chi connectivity index (χ3n) is 4.38. The van der Waals surface area contributed by atoms with Crippen LogP contribution in [0.5, 0.6) is 0 Å². The van der Waals surface area contributed by atoms with Gasteiger partial charge < -0.3 is 9.80 Å². The molecule has 122 valence electrons. The number of likely N-dealkylation sites (N-methyl/N-ethyl adjacent to an activating group) is 1. The maximum absolute atomic E-state index is 2.52. The van der Waals surface area contributed by atoms with Gasteiger partial charge in [-0.05, 0) is 51.2 Å². The summed E-state index contributed by atoms with van der Waals surface area (Å²) in [6.45, 7) is 6.84. The zero-order valence-electron chi connectivity index (χ0n) is 14.3. The van der Waals surface area contributed by atoms with Crippen LogP contribution in [-0.2, 0) is 0 Å². The van der Waals surface area contributed by atoms with E-state index in [-0.39, 0.29) is 0 Å². The third-order valence-corrected chi connectivity index (χ3v) is 5.51. The third kappa shape index (κ3) is 3.56. The number of hydrogen-bond acceptors (Lipinski definition) is 3. The normalized spacial score (nSPS) is 14.5. The van der Waals surface area contributed by atoms with Crippen LogP contribution in [0.3, 0.4) is 0 Å². The molecule has 1 atom stereocenters. The molecule has 0 saturated heterocycles. The molecule has 0 fully saturated rings. The number of hydrogen-bond donors (Lipinski definition) is 0. The van der Waals surface area contributed by atoms with Gasteiger partial charge in [-0.1, -0.05) is 49.4 Å². The van der Waals surface area contributed by atoms with Crippen molar-refractivity contribution in [2.45, 2.75) is 42.5 Å². The van der Waals surface area contributed by atoms with Crippen LogP contribution in [0.4, 0.5) is 11.4 Å². The lowest BCUT2D eigenvalue weighted by Crippen LogP contribution is -2.39. The minimum Gasteiger partial charge on any atom is -0.335 e. The lowest BCUT2D eigenvalue weighted by molar-refractivity contribution is 0.310. The van der Waals surface area contributed by atoms with Gasteiger partial charge in [0.05, 0.1) is 11.4 Å². The molecule has 3 rings (SSSR count). The average molecular weight is 327 g/mol. The molecular formula is C20H26N2S. The van der Waals surface area contributed by atoms with Crippen LogP contribution in [-0.4, -0.2) is 31.1 Å². The van der Waals surface area contributed by atoms with Gasteiger partial charge in [-0.15, -0.1) is 0 Å². The number of unbranched alkanes of at least 4 members (excludes halogenated alkanes) is 1. The Morgan fingerprint density at radius 2 is 1.57 bits per heavy atom. The first-order valence-corrected chi connectivity index (χ1v) is 9.36. The van der Waals surface area contributed by atoms with Gasteiger partial charge in [0, 0.05) is 22.4 Å². The van der Waals surface area contributed by atoms with E-state index in [1.54, 1.807) is 0 Å². The van der Waals surface area contributed by atoms with Gasteiger partial charge in [0.25, 0.3) is 0 Å². The Hall–Kier alpha value is -1.45. The van der Waals surface area contributed by atoms with Crippen LogP contribution in [0.25, 0.3) is 0 Å². The van der Waals surface area contributed by atoms with Gasteiger partial charge in [-0.3, -0.25) is 0 Å². The molecule has 2 nitrogen and oxygen atoms in total. The first-order chi connectivity index (χ1) is 11.2. The molecule has 23 heavy (non-hydrogen) atoms. The Bertz CT molecular complexity index is 610. The minimum absolute atomic E-state index is 0.444. The second-order valence-corrected chi connectivity index (χ2v) is 7.46. The molecule has 0 bridgehead atoms. The summed E-state index contributed by atoms with van der Waals surface area (Å²) in [6.07, 6.45) is 2.52. The highest BCUT2D eigenvalue weighted by Crippen LogP contribution is 2.48. The average Bonchev–Trinajstić information content (AvgIpc) is 2.57. The second-order valence-electron chi connectivity index (χ2n) is 6.37. The maximum atomic E-state index is 2.52. The summed E-state index contributed by atoms with van der Waals surface area (Å²) in [7, 11) is 2.24. The lowest BCUT2D eigenvalue weighted by atomic mass is 10.1. The van der Waals surface area contributed by atoms with Crippen LogP contribution in [0.15, 0.2) is 58.3 Å². The van der Waals surface area contributed by atoms with E-state index in [4.69, 9.17) is 0 Å². The van der Waals surface area contributed by atoms with Crippen molar-refractivity contribution in [2.24, 2.45) is 0 Å².